The van der Waals surface area contributed by atoms with Crippen LogP contribution in [0.3, 0.4) is 0 Å². The molecule has 0 saturated heterocycles. The second-order valence-electron chi connectivity index (χ2n) is 3.15. The van der Waals surface area contributed by atoms with E-state index in [1.54, 1.807) is 6.07 Å². The minimum absolute atomic E-state index is 0.0183. The van der Waals surface area contributed by atoms with Gasteiger partial charge >= 0.3 is 0 Å². The van der Waals surface area contributed by atoms with Crippen molar-refractivity contribution >= 4 is 33.2 Å². The first kappa shape index (κ1) is 12.7. The minimum atomic E-state index is -0.504. The fourth-order valence-electron chi connectivity index (χ4n) is 1.20. The van der Waals surface area contributed by atoms with E-state index in [1.807, 2.05) is 0 Å². The van der Waals surface area contributed by atoms with Crippen LogP contribution in [0.4, 0.5) is 5.69 Å². The molecule has 0 atom stereocenters. The van der Waals surface area contributed by atoms with Crippen LogP contribution in [0.5, 0.6) is 11.6 Å². The van der Waals surface area contributed by atoms with Crippen molar-refractivity contribution in [2.75, 3.05) is 0 Å². The summed E-state index contributed by atoms with van der Waals surface area (Å²) in [5.74, 6) is 0.494. The van der Waals surface area contributed by atoms with Crippen LogP contribution in [-0.4, -0.2) is 14.9 Å². The van der Waals surface area contributed by atoms with Crippen LogP contribution >= 0.6 is 27.5 Å². The number of nitro benzene ring substituents is 1. The summed E-state index contributed by atoms with van der Waals surface area (Å²) in [6.07, 6.45) is 0. The quantitative estimate of drug-likeness (QED) is 0.372. The van der Waals surface area contributed by atoms with Crippen molar-refractivity contribution in [3.8, 4) is 11.6 Å². The summed E-state index contributed by atoms with van der Waals surface area (Å²) in [6, 6.07) is 7.27. The number of nitro groups is 1. The molecule has 0 aliphatic rings. The highest BCUT2D eigenvalue weighted by atomic mass is 79.9. The van der Waals surface area contributed by atoms with Gasteiger partial charge in [-0.25, -0.2) is 4.98 Å². The SMILES string of the molecule is O=[N+]([O-])c1cccc(Oc2cc(Br)nc(Cl)n2)c1. The van der Waals surface area contributed by atoms with Crippen LogP contribution in [0.15, 0.2) is 34.9 Å². The Morgan fingerprint density at radius 3 is 2.78 bits per heavy atom. The Morgan fingerprint density at radius 2 is 2.11 bits per heavy atom. The molecule has 2 rings (SSSR count). The van der Waals surface area contributed by atoms with E-state index < -0.39 is 4.92 Å². The van der Waals surface area contributed by atoms with E-state index in [4.69, 9.17) is 16.3 Å². The standard InChI is InChI=1S/C10H5BrClN3O3/c11-8-5-9(14-10(12)13-8)18-7-3-1-2-6(4-7)15(16)17/h1-5H. The number of halogens is 2. The maximum atomic E-state index is 10.6. The lowest BCUT2D eigenvalue weighted by Crippen LogP contribution is -1.92. The molecule has 2 aromatic rings. The van der Waals surface area contributed by atoms with Crippen LogP contribution in [0.2, 0.25) is 5.28 Å². The number of hydrogen-bond donors (Lipinski definition) is 0. The van der Waals surface area contributed by atoms with E-state index in [1.165, 1.54) is 24.3 Å². The molecule has 0 amide bonds. The minimum Gasteiger partial charge on any atom is -0.439 e. The van der Waals surface area contributed by atoms with Gasteiger partial charge in [-0.15, -0.1) is 0 Å². The van der Waals surface area contributed by atoms with Gasteiger partial charge < -0.3 is 4.74 Å². The molecule has 0 radical (unpaired) electrons. The predicted molar refractivity (Wildman–Crippen MR) is 67.9 cm³/mol. The second-order valence-corrected chi connectivity index (χ2v) is 4.31. The Balaban J connectivity index is 2.28. The zero-order valence-electron chi connectivity index (χ0n) is 8.71. The topological polar surface area (TPSA) is 78.2 Å². The summed E-state index contributed by atoms with van der Waals surface area (Å²) in [6.45, 7) is 0. The van der Waals surface area contributed by atoms with E-state index >= 15 is 0 Å². The van der Waals surface area contributed by atoms with Gasteiger partial charge in [0.15, 0.2) is 0 Å². The molecule has 0 saturated carbocycles. The van der Waals surface area contributed by atoms with Gasteiger partial charge in [-0.3, -0.25) is 10.1 Å². The van der Waals surface area contributed by atoms with Crippen molar-refractivity contribution in [1.29, 1.82) is 0 Å². The Morgan fingerprint density at radius 1 is 1.33 bits per heavy atom. The second kappa shape index (κ2) is 5.28. The number of benzene rings is 1. The van der Waals surface area contributed by atoms with E-state index in [-0.39, 0.29) is 16.9 Å². The molecule has 0 spiro atoms. The Hall–Kier alpha value is -1.73. The summed E-state index contributed by atoms with van der Waals surface area (Å²) < 4.78 is 5.82. The predicted octanol–water partition coefficient (Wildman–Crippen LogP) is 3.59. The summed E-state index contributed by atoms with van der Waals surface area (Å²) in [5, 5.41) is 10.6. The first-order chi connectivity index (χ1) is 8.54. The van der Waals surface area contributed by atoms with Crippen molar-refractivity contribution in [3.63, 3.8) is 0 Å². The van der Waals surface area contributed by atoms with E-state index in [0.29, 0.717) is 10.4 Å². The van der Waals surface area contributed by atoms with Crippen molar-refractivity contribution in [2.24, 2.45) is 0 Å². The summed E-state index contributed by atoms with van der Waals surface area (Å²) >= 11 is 8.80. The molecule has 6 nitrogen and oxygen atoms in total. The van der Waals surface area contributed by atoms with Crippen molar-refractivity contribution < 1.29 is 9.66 Å². The van der Waals surface area contributed by atoms with Crippen LogP contribution in [0.25, 0.3) is 0 Å². The summed E-state index contributed by atoms with van der Waals surface area (Å²) in [4.78, 5) is 17.7. The fraction of sp³-hybridized carbons (Fsp3) is 0. The molecule has 8 heteroatoms. The van der Waals surface area contributed by atoms with Crippen molar-refractivity contribution in [2.45, 2.75) is 0 Å². The summed E-state index contributed by atoms with van der Waals surface area (Å²) in [7, 11) is 0. The number of rotatable bonds is 3. The Kier molecular flexibility index (Phi) is 3.73. The monoisotopic (exact) mass is 329 g/mol. The molecule has 0 aliphatic heterocycles. The van der Waals surface area contributed by atoms with E-state index in [0.717, 1.165) is 0 Å². The highest BCUT2D eigenvalue weighted by Gasteiger charge is 2.08. The fourth-order valence-corrected chi connectivity index (χ4v) is 1.84. The van der Waals surface area contributed by atoms with Crippen LogP contribution in [0.1, 0.15) is 0 Å². The summed E-state index contributed by atoms with van der Waals surface area (Å²) in [5.41, 5.74) is -0.0632. The molecule has 1 aromatic carbocycles. The first-order valence-electron chi connectivity index (χ1n) is 4.67. The maximum absolute atomic E-state index is 10.6. The van der Waals surface area contributed by atoms with Crippen molar-refractivity contribution in [3.05, 3.63) is 50.3 Å². The van der Waals surface area contributed by atoms with Gasteiger partial charge in [-0.1, -0.05) is 6.07 Å². The van der Waals surface area contributed by atoms with Crippen LogP contribution < -0.4 is 4.74 Å². The lowest BCUT2D eigenvalue weighted by atomic mass is 10.3. The van der Waals surface area contributed by atoms with Crippen LogP contribution in [0, 0.1) is 10.1 Å². The van der Waals surface area contributed by atoms with Gasteiger partial charge in [0.1, 0.15) is 10.4 Å². The maximum Gasteiger partial charge on any atom is 0.273 e. The third-order valence-corrected chi connectivity index (χ3v) is 2.47. The first-order valence-corrected chi connectivity index (χ1v) is 5.84. The van der Waals surface area contributed by atoms with Crippen molar-refractivity contribution in [1.82, 2.24) is 9.97 Å². The van der Waals surface area contributed by atoms with Gasteiger partial charge in [-0.05, 0) is 33.6 Å². The number of nitrogens with zero attached hydrogens (tertiary/aromatic N) is 3. The number of ether oxygens (including phenoxy) is 1. The number of non-ortho nitro benzene ring substituents is 1. The third-order valence-electron chi connectivity index (χ3n) is 1.89. The largest absolute Gasteiger partial charge is 0.439 e. The highest BCUT2D eigenvalue weighted by Crippen LogP contribution is 2.25. The van der Waals surface area contributed by atoms with Gasteiger partial charge in [0.2, 0.25) is 11.2 Å². The highest BCUT2D eigenvalue weighted by molar-refractivity contribution is 9.10. The average Bonchev–Trinajstić information content (AvgIpc) is 2.27. The van der Waals surface area contributed by atoms with Gasteiger partial charge in [0.05, 0.1) is 11.0 Å². The lowest BCUT2D eigenvalue weighted by molar-refractivity contribution is -0.384. The lowest BCUT2D eigenvalue weighted by Gasteiger charge is -2.04. The average molecular weight is 331 g/mol. The van der Waals surface area contributed by atoms with E-state index in [9.17, 15) is 10.1 Å². The molecule has 0 aliphatic carbocycles. The zero-order chi connectivity index (χ0) is 13.1. The molecule has 1 aromatic heterocycles. The molecule has 1 heterocycles. The molecular weight excluding hydrogens is 325 g/mol. The normalized spacial score (nSPS) is 10.1. The molecule has 0 unspecified atom stereocenters. The Bertz CT molecular complexity index is 588. The number of hydrogen-bond acceptors (Lipinski definition) is 5. The van der Waals surface area contributed by atoms with E-state index in [2.05, 4.69) is 25.9 Å². The molecular formula is C10H5BrClN3O3. The Labute approximate surface area is 115 Å². The van der Waals surface area contributed by atoms with Gasteiger partial charge in [0.25, 0.3) is 5.69 Å². The molecule has 92 valence electrons. The molecule has 0 fully saturated rings. The zero-order valence-corrected chi connectivity index (χ0v) is 11.1. The molecule has 18 heavy (non-hydrogen) atoms. The molecule has 0 bridgehead atoms. The van der Waals surface area contributed by atoms with Gasteiger partial charge in [0, 0.05) is 12.1 Å². The molecule has 0 N–H and O–H groups in total. The smallest absolute Gasteiger partial charge is 0.273 e. The number of aromatic nitrogens is 2. The third kappa shape index (κ3) is 3.14. The van der Waals surface area contributed by atoms with Gasteiger partial charge in [-0.2, -0.15) is 4.98 Å². The van der Waals surface area contributed by atoms with Crippen LogP contribution in [-0.2, 0) is 0 Å².